The Morgan fingerprint density at radius 2 is 1.60 bits per heavy atom. The zero-order valence-electron chi connectivity index (χ0n) is 19.0. The Bertz CT molecular complexity index is 1330. The Kier molecular flexibility index (Phi) is 6.46. The Hall–Kier alpha value is -4.54. The monoisotopic (exact) mass is 472 g/mol. The smallest absolute Gasteiger partial charge is 0.274 e. The Balaban J connectivity index is 1.21. The van der Waals surface area contributed by atoms with Crippen LogP contribution in [0.25, 0.3) is 5.69 Å². The molecule has 2 aromatic heterocycles. The van der Waals surface area contributed by atoms with Crippen LogP contribution < -0.4 is 15.2 Å². The van der Waals surface area contributed by atoms with Crippen LogP contribution in [0.1, 0.15) is 10.5 Å². The van der Waals surface area contributed by atoms with Crippen molar-refractivity contribution >= 4 is 11.9 Å². The SMILES string of the molecule is O=C(c1ccc(=O)n(CCOc2ccccc2)n1)N1CCN(c2nnnn2-c2ccccc2)CC1. The average Bonchev–Trinajstić information content (AvgIpc) is 3.41. The summed E-state index contributed by atoms with van der Waals surface area (Å²) in [6, 6.07) is 21.8. The van der Waals surface area contributed by atoms with Crippen molar-refractivity contribution in [3.63, 3.8) is 0 Å². The summed E-state index contributed by atoms with van der Waals surface area (Å²) in [5.74, 6) is 1.13. The Morgan fingerprint density at radius 1 is 0.886 bits per heavy atom. The minimum atomic E-state index is -0.282. The number of hydrogen-bond donors (Lipinski definition) is 0. The van der Waals surface area contributed by atoms with Crippen LogP contribution in [0.15, 0.2) is 77.6 Å². The summed E-state index contributed by atoms with van der Waals surface area (Å²) >= 11 is 0. The molecule has 0 radical (unpaired) electrons. The highest BCUT2D eigenvalue weighted by Gasteiger charge is 2.26. The fourth-order valence-corrected chi connectivity index (χ4v) is 3.88. The number of hydrogen-bond acceptors (Lipinski definition) is 8. The van der Waals surface area contributed by atoms with Gasteiger partial charge in [0.15, 0.2) is 0 Å². The first-order valence-electron chi connectivity index (χ1n) is 11.3. The Labute approximate surface area is 201 Å². The van der Waals surface area contributed by atoms with Crippen LogP contribution in [-0.2, 0) is 6.54 Å². The highest BCUT2D eigenvalue weighted by molar-refractivity contribution is 5.92. The zero-order chi connectivity index (χ0) is 24.0. The second-order valence-electron chi connectivity index (χ2n) is 7.95. The number of ether oxygens (including phenoxy) is 1. The molecule has 1 aliphatic rings. The van der Waals surface area contributed by atoms with E-state index in [0.29, 0.717) is 37.9 Å². The summed E-state index contributed by atoms with van der Waals surface area (Å²) in [4.78, 5) is 29.1. The highest BCUT2D eigenvalue weighted by atomic mass is 16.5. The van der Waals surface area contributed by atoms with Gasteiger partial charge in [0.2, 0.25) is 5.95 Å². The second-order valence-corrected chi connectivity index (χ2v) is 7.95. The van der Waals surface area contributed by atoms with E-state index < -0.39 is 0 Å². The van der Waals surface area contributed by atoms with Crippen molar-refractivity contribution in [2.45, 2.75) is 6.54 Å². The maximum atomic E-state index is 13.1. The number of carbonyl (C=O) groups is 1. The van der Waals surface area contributed by atoms with Crippen molar-refractivity contribution in [1.82, 2.24) is 34.9 Å². The maximum absolute atomic E-state index is 13.1. The van der Waals surface area contributed by atoms with Gasteiger partial charge >= 0.3 is 0 Å². The molecule has 0 bridgehead atoms. The first kappa shape index (κ1) is 22.3. The zero-order valence-corrected chi connectivity index (χ0v) is 19.0. The van der Waals surface area contributed by atoms with Crippen molar-refractivity contribution in [2.24, 2.45) is 0 Å². The lowest BCUT2D eigenvalue weighted by Crippen LogP contribution is -2.50. The molecule has 11 nitrogen and oxygen atoms in total. The van der Waals surface area contributed by atoms with Crippen molar-refractivity contribution < 1.29 is 9.53 Å². The van der Waals surface area contributed by atoms with Gasteiger partial charge in [0, 0.05) is 32.2 Å². The molecule has 1 amide bonds. The molecule has 0 aliphatic carbocycles. The molecule has 178 valence electrons. The molecule has 0 spiro atoms. The lowest BCUT2D eigenvalue weighted by Gasteiger charge is -2.34. The Morgan fingerprint density at radius 3 is 2.34 bits per heavy atom. The molecule has 2 aromatic carbocycles. The summed E-state index contributed by atoms with van der Waals surface area (Å²) in [6.45, 7) is 2.62. The van der Waals surface area contributed by atoms with Crippen LogP contribution in [0.2, 0.25) is 0 Å². The summed E-state index contributed by atoms with van der Waals surface area (Å²) in [7, 11) is 0. The summed E-state index contributed by atoms with van der Waals surface area (Å²) in [5, 5.41) is 16.4. The fourth-order valence-electron chi connectivity index (χ4n) is 3.88. The average molecular weight is 473 g/mol. The van der Waals surface area contributed by atoms with Crippen molar-refractivity contribution in [3.05, 3.63) is 88.8 Å². The number of nitrogens with zero attached hydrogens (tertiary/aromatic N) is 8. The topological polar surface area (TPSA) is 111 Å². The third-order valence-electron chi connectivity index (χ3n) is 5.70. The van der Waals surface area contributed by atoms with Gasteiger partial charge in [0.25, 0.3) is 11.5 Å². The molecule has 4 aromatic rings. The molecule has 5 rings (SSSR count). The molecule has 3 heterocycles. The molecular weight excluding hydrogens is 448 g/mol. The molecular formula is C24H24N8O3. The number of piperazine rings is 1. The third kappa shape index (κ3) is 5.03. The number of anilines is 1. The van der Waals surface area contributed by atoms with E-state index in [9.17, 15) is 9.59 Å². The van der Waals surface area contributed by atoms with Crippen LogP contribution in [0.4, 0.5) is 5.95 Å². The van der Waals surface area contributed by atoms with Crippen LogP contribution in [0.3, 0.4) is 0 Å². The highest BCUT2D eigenvalue weighted by Crippen LogP contribution is 2.17. The van der Waals surface area contributed by atoms with Gasteiger partial charge in [-0.05, 0) is 40.8 Å². The fraction of sp³-hybridized carbons (Fsp3) is 0.250. The summed E-state index contributed by atoms with van der Waals surface area (Å²) in [5.41, 5.74) is 0.816. The number of carbonyl (C=O) groups excluding carboxylic acids is 1. The van der Waals surface area contributed by atoms with Gasteiger partial charge in [0.05, 0.1) is 12.2 Å². The van der Waals surface area contributed by atoms with E-state index in [2.05, 4.69) is 20.6 Å². The van der Waals surface area contributed by atoms with Crippen LogP contribution in [-0.4, -0.2) is 73.6 Å². The molecule has 0 saturated carbocycles. The molecule has 35 heavy (non-hydrogen) atoms. The first-order valence-corrected chi connectivity index (χ1v) is 11.3. The van der Waals surface area contributed by atoms with Crippen LogP contribution in [0.5, 0.6) is 5.75 Å². The van der Waals surface area contributed by atoms with E-state index in [-0.39, 0.29) is 30.3 Å². The number of tetrazole rings is 1. The first-order chi connectivity index (χ1) is 17.2. The standard InChI is InChI=1S/C24H24N8O3/c33-22-12-11-21(26-31(22)17-18-35-20-9-5-2-6-10-20)23(34)29-13-15-30(16-14-29)24-25-27-28-32(24)19-7-3-1-4-8-19/h1-12H,13-18H2. The predicted octanol–water partition coefficient (Wildman–Crippen LogP) is 1.26. The predicted molar refractivity (Wildman–Crippen MR) is 128 cm³/mol. The molecule has 1 aliphatic heterocycles. The van der Waals surface area contributed by atoms with E-state index in [0.717, 1.165) is 5.69 Å². The van der Waals surface area contributed by atoms with Crippen molar-refractivity contribution in [1.29, 1.82) is 0 Å². The van der Waals surface area contributed by atoms with Gasteiger partial charge in [-0.1, -0.05) is 41.5 Å². The molecule has 11 heteroatoms. The van der Waals surface area contributed by atoms with Crippen LogP contribution >= 0.6 is 0 Å². The maximum Gasteiger partial charge on any atom is 0.274 e. The number of rotatable bonds is 7. The van der Waals surface area contributed by atoms with Gasteiger partial charge in [-0.15, -0.1) is 0 Å². The molecule has 0 atom stereocenters. The largest absolute Gasteiger partial charge is 0.492 e. The minimum Gasteiger partial charge on any atom is -0.492 e. The van der Waals surface area contributed by atoms with Gasteiger partial charge in [0.1, 0.15) is 18.1 Å². The van der Waals surface area contributed by atoms with E-state index in [1.54, 1.807) is 9.58 Å². The van der Waals surface area contributed by atoms with E-state index in [4.69, 9.17) is 4.74 Å². The summed E-state index contributed by atoms with van der Waals surface area (Å²) in [6.07, 6.45) is 0. The third-order valence-corrected chi connectivity index (χ3v) is 5.70. The summed E-state index contributed by atoms with van der Waals surface area (Å²) < 4.78 is 8.60. The minimum absolute atomic E-state index is 0.218. The van der Waals surface area contributed by atoms with Crippen LogP contribution in [0, 0.1) is 0 Å². The number of amides is 1. The number of para-hydroxylation sites is 2. The lowest BCUT2D eigenvalue weighted by atomic mass is 10.2. The van der Waals surface area contributed by atoms with E-state index in [1.165, 1.54) is 16.8 Å². The molecule has 1 saturated heterocycles. The van der Waals surface area contributed by atoms with Gasteiger partial charge in [-0.2, -0.15) is 9.78 Å². The number of aromatic nitrogens is 6. The van der Waals surface area contributed by atoms with Crippen molar-refractivity contribution in [2.75, 3.05) is 37.7 Å². The van der Waals surface area contributed by atoms with E-state index >= 15 is 0 Å². The van der Waals surface area contributed by atoms with E-state index in [1.807, 2.05) is 65.6 Å². The second kappa shape index (κ2) is 10.2. The lowest BCUT2D eigenvalue weighted by molar-refractivity contribution is 0.0736. The van der Waals surface area contributed by atoms with Gasteiger partial charge < -0.3 is 14.5 Å². The van der Waals surface area contributed by atoms with Crippen molar-refractivity contribution in [3.8, 4) is 11.4 Å². The molecule has 1 fully saturated rings. The quantitative estimate of drug-likeness (QED) is 0.395. The van der Waals surface area contributed by atoms with Gasteiger partial charge in [-0.25, -0.2) is 4.68 Å². The molecule has 0 unspecified atom stereocenters. The molecule has 0 N–H and O–H groups in total. The normalized spacial score (nSPS) is 13.6. The van der Waals surface area contributed by atoms with Gasteiger partial charge in [-0.3, -0.25) is 9.59 Å². The number of benzene rings is 2.